The minimum absolute atomic E-state index is 0.102. The van der Waals surface area contributed by atoms with Crippen LogP contribution in [0.25, 0.3) is 0 Å². The molecule has 0 aliphatic carbocycles. The molecule has 1 aromatic carbocycles. The Morgan fingerprint density at radius 3 is 2.06 bits per heavy atom. The van der Waals surface area contributed by atoms with Gasteiger partial charge in [0.25, 0.3) is 0 Å². The van der Waals surface area contributed by atoms with Crippen molar-refractivity contribution in [3.05, 3.63) is 29.8 Å². The number of nitrogens with two attached hydrogens (primary N) is 1. The molecule has 0 radical (unpaired) electrons. The third kappa shape index (κ3) is 3.86. The molecule has 0 saturated carbocycles. The van der Waals surface area contributed by atoms with Crippen LogP contribution in [0.2, 0.25) is 0 Å². The summed E-state index contributed by atoms with van der Waals surface area (Å²) >= 11 is 0. The largest absolute Gasteiger partial charge is 0.492 e. The topological polar surface area (TPSA) is 35.2 Å². The summed E-state index contributed by atoms with van der Waals surface area (Å²) in [5.74, 6) is 1.92. The van der Waals surface area contributed by atoms with Gasteiger partial charge < -0.3 is 10.5 Å². The van der Waals surface area contributed by atoms with Crippen LogP contribution in [0.5, 0.6) is 5.75 Å². The van der Waals surface area contributed by atoms with Crippen molar-refractivity contribution in [1.29, 1.82) is 0 Å². The first-order valence-electron chi connectivity index (χ1n) is 5.99. The maximum Gasteiger partial charge on any atom is 0.119 e. The van der Waals surface area contributed by atoms with Gasteiger partial charge in [-0.15, -0.1) is 0 Å². The van der Waals surface area contributed by atoms with Crippen molar-refractivity contribution in [2.24, 2.45) is 11.7 Å². The number of benzene rings is 1. The van der Waals surface area contributed by atoms with Crippen molar-refractivity contribution in [1.82, 2.24) is 0 Å². The zero-order valence-corrected chi connectivity index (χ0v) is 10.7. The molecule has 0 saturated heterocycles. The molecule has 2 heteroatoms. The molecular weight excluding hydrogens is 198 g/mol. The lowest BCUT2D eigenvalue weighted by Gasteiger charge is -2.16. The van der Waals surface area contributed by atoms with Crippen LogP contribution < -0.4 is 10.5 Å². The fraction of sp³-hybridized carbons (Fsp3) is 0.571. The molecule has 0 aliphatic heterocycles. The van der Waals surface area contributed by atoms with Gasteiger partial charge in [0.05, 0.1) is 0 Å². The predicted molar refractivity (Wildman–Crippen MR) is 68.8 cm³/mol. The van der Waals surface area contributed by atoms with Crippen LogP contribution in [0.1, 0.15) is 39.2 Å². The third-order valence-electron chi connectivity index (χ3n) is 2.85. The van der Waals surface area contributed by atoms with Crippen LogP contribution in [-0.2, 0) is 0 Å². The highest BCUT2D eigenvalue weighted by Gasteiger charge is 2.08. The van der Waals surface area contributed by atoms with Crippen molar-refractivity contribution in [3.8, 4) is 5.75 Å². The SMILES string of the molecule is CC(C)c1ccc(OC[C@@H](N)C(C)C)cc1. The summed E-state index contributed by atoms with van der Waals surface area (Å²) in [4.78, 5) is 0. The highest BCUT2D eigenvalue weighted by Crippen LogP contribution is 2.18. The number of hydrogen-bond acceptors (Lipinski definition) is 2. The van der Waals surface area contributed by atoms with Gasteiger partial charge in [-0.25, -0.2) is 0 Å². The number of rotatable bonds is 5. The normalized spacial score (nSPS) is 13.2. The monoisotopic (exact) mass is 221 g/mol. The molecule has 0 unspecified atom stereocenters. The predicted octanol–water partition coefficient (Wildman–Crippen LogP) is 3.17. The van der Waals surface area contributed by atoms with Gasteiger partial charge in [-0.1, -0.05) is 39.8 Å². The molecular formula is C14H23NO. The molecule has 1 rings (SSSR count). The molecule has 16 heavy (non-hydrogen) atoms. The number of hydrogen-bond donors (Lipinski definition) is 1. The van der Waals surface area contributed by atoms with Crippen LogP contribution in [0.3, 0.4) is 0 Å². The van der Waals surface area contributed by atoms with E-state index in [2.05, 4.69) is 39.8 Å². The number of ether oxygens (including phenoxy) is 1. The molecule has 0 spiro atoms. The summed E-state index contributed by atoms with van der Waals surface area (Å²) in [5.41, 5.74) is 7.25. The Hall–Kier alpha value is -1.02. The smallest absolute Gasteiger partial charge is 0.119 e. The summed E-state index contributed by atoms with van der Waals surface area (Å²) in [6, 6.07) is 8.36. The van der Waals surface area contributed by atoms with E-state index in [1.54, 1.807) is 0 Å². The average molecular weight is 221 g/mol. The lowest BCUT2D eigenvalue weighted by Crippen LogP contribution is -2.32. The lowest BCUT2D eigenvalue weighted by molar-refractivity contribution is 0.259. The van der Waals surface area contributed by atoms with Gasteiger partial charge >= 0.3 is 0 Å². The Bertz CT molecular complexity index is 303. The highest BCUT2D eigenvalue weighted by atomic mass is 16.5. The van der Waals surface area contributed by atoms with Gasteiger partial charge in [0, 0.05) is 6.04 Å². The minimum atomic E-state index is 0.102. The average Bonchev–Trinajstić information content (AvgIpc) is 2.26. The van der Waals surface area contributed by atoms with Gasteiger partial charge in [0.2, 0.25) is 0 Å². The molecule has 0 aliphatic rings. The van der Waals surface area contributed by atoms with E-state index >= 15 is 0 Å². The van der Waals surface area contributed by atoms with Gasteiger partial charge in [0.15, 0.2) is 0 Å². The van der Waals surface area contributed by atoms with Crippen LogP contribution in [0.15, 0.2) is 24.3 Å². The third-order valence-corrected chi connectivity index (χ3v) is 2.85. The van der Waals surface area contributed by atoms with Gasteiger partial charge in [-0.05, 0) is 29.5 Å². The zero-order valence-electron chi connectivity index (χ0n) is 10.7. The second kappa shape index (κ2) is 5.90. The van der Waals surface area contributed by atoms with E-state index in [-0.39, 0.29) is 6.04 Å². The second-order valence-corrected chi connectivity index (χ2v) is 4.94. The standard InChI is InChI=1S/C14H23NO/c1-10(2)12-5-7-13(8-6-12)16-9-14(15)11(3)4/h5-8,10-11,14H,9,15H2,1-4H3/t14-/m1/s1. The fourth-order valence-corrected chi connectivity index (χ4v) is 1.33. The second-order valence-electron chi connectivity index (χ2n) is 4.94. The van der Waals surface area contributed by atoms with Crippen molar-refractivity contribution < 1.29 is 4.74 Å². The van der Waals surface area contributed by atoms with E-state index in [0.717, 1.165) is 5.75 Å². The first-order chi connectivity index (χ1) is 7.50. The van der Waals surface area contributed by atoms with Crippen LogP contribution >= 0.6 is 0 Å². The maximum atomic E-state index is 5.92. The minimum Gasteiger partial charge on any atom is -0.492 e. The van der Waals surface area contributed by atoms with E-state index in [9.17, 15) is 0 Å². The molecule has 2 N–H and O–H groups in total. The van der Waals surface area contributed by atoms with Gasteiger partial charge in [-0.3, -0.25) is 0 Å². The van der Waals surface area contributed by atoms with Crippen LogP contribution in [0, 0.1) is 5.92 Å². The Labute approximate surface area is 98.8 Å². The molecule has 0 heterocycles. The van der Waals surface area contributed by atoms with Gasteiger partial charge in [0.1, 0.15) is 12.4 Å². The quantitative estimate of drug-likeness (QED) is 0.829. The molecule has 90 valence electrons. The van der Waals surface area contributed by atoms with E-state index in [4.69, 9.17) is 10.5 Å². The molecule has 0 fully saturated rings. The Balaban J connectivity index is 2.49. The first kappa shape index (κ1) is 13.0. The van der Waals surface area contributed by atoms with Crippen LogP contribution in [-0.4, -0.2) is 12.6 Å². The Kier molecular flexibility index (Phi) is 4.81. The zero-order chi connectivity index (χ0) is 12.1. The first-order valence-corrected chi connectivity index (χ1v) is 5.99. The van der Waals surface area contributed by atoms with Crippen molar-refractivity contribution in [2.75, 3.05) is 6.61 Å². The lowest BCUT2D eigenvalue weighted by atomic mass is 10.0. The van der Waals surface area contributed by atoms with Crippen molar-refractivity contribution in [3.63, 3.8) is 0 Å². The van der Waals surface area contributed by atoms with Gasteiger partial charge in [-0.2, -0.15) is 0 Å². The van der Waals surface area contributed by atoms with E-state index < -0.39 is 0 Å². The fourth-order valence-electron chi connectivity index (χ4n) is 1.33. The van der Waals surface area contributed by atoms with Crippen molar-refractivity contribution >= 4 is 0 Å². The molecule has 0 bridgehead atoms. The summed E-state index contributed by atoms with van der Waals surface area (Å²) in [7, 11) is 0. The highest BCUT2D eigenvalue weighted by molar-refractivity contribution is 5.28. The molecule has 2 nitrogen and oxygen atoms in total. The molecule has 1 atom stereocenters. The van der Waals surface area contributed by atoms with E-state index in [0.29, 0.717) is 18.4 Å². The molecule has 1 aromatic rings. The Morgan fingerprint density at radius 1 is 1.06 bits per heavy atom. The van der Waals surface area contributed by atoms with Crippen molar-refractivity contribution in [2.45, 2.75) is 39.7 Å². The van der Waals surface area contributed by atoms with Crippen LogP contribution in [0.4, 0.5) is 0 Å². The van der Waals surface area contributed by atoms with E-state index in [1.807, 2.05) is 12.1 Å². The summed E-state index contributed by atoms with van der Waals surface area (Å²) < 4.78 is 5.64. The summed E-state index contributed by atoms with van der Waals surface area (Å²) in [6.45, 7) is 9.17. The van der Waals surface area contributed by atoms with E-state index in [1.165, 1.54) is 5.56 Å². The molecule has 0 amide bonds. The Morgan fingerprint density at radius 2 is 1.62 bits per heavy atom. The maximum absolute atomic E-state index is 5.92. The molecule has 0 aromatic heterocycles. The summed E-state index contributed by atoms with van der Waals surface area (Å²) in [5, 5.41) is 0. The summed E-state index contributed by atoms with van der Waals surface area (Å²) in [6.07, 6.45) is 0.